The highest BCUT2D eigenvalue weighted by Crippen LogP contribution is 2.13. The number of aryl methyl sites for hydroxylation is 3. The third kappa shape index (κ3) is 3.18. The minimum absolute atomic E-state index is 0. The summed E-state index contributed by atoms with van der Waals surface area (Å²) in [5, 5.41) is 1.35. The number of nitrogens with zero attached hydrogens (tertiary/aromatic N) is 1. The van der Waals surface area contributed by atoms with E-state index in [2.05, 4.69) is 78.4 Å². The molecule has 1 nitrogen and oxygen atoms in total. The van der Waals surface area contributed by atoms with Gasteiger partial charge in [0.05, 0.1) is 0 Å². The molecule has 0 N–H and O–H groups in total. The van der Waals surface area contributed by atoms with Crippen molar-refractivity contribution < 1.29 is 28.5 Å². The molecular formula is C18H18IN. The Hall–Kier alpha value is -1.42. The number of halogens is 1. The van der Waals surface area contributed by atoms with Crippen molar-refractivity contribution in [1.82, 2.24) is 0 Å². The van der Waals surface area contributed by atoms with E-state index in [1.165, 1.54) is 22.0 Å². The Kier molecular flexibility index (Phi) is 5.12. The highest BCUT2D eigenvalue weighted by molar-refractivity contribution is 5.78. The maximum absolute atomic E-state index is 2.34. The molecule has 0 aliphatic carbocycles. The Morgan fingerprint density at radius 2 is 1.55 bits per heavy atom. The largest absolute Gasteiger partial charge is 1.00 e. The number of pyridine rings is 1. The maximum atomic E-state index is 2.34. The molecule has 0 atom stereocenters. The first-order valence-corrected chi connectivity index (χ1v) is 6.76. The van der Waals surface area contributed by atoms with E-state index in [1.54, 1.807) is 0 Å². The van der Waals surface area contributed by atoms with Crippen molar-refractivity contribution >= 4 is 10.9 Å². The number of fused-ring (bicyclic) bond motifs is 1. The number of benzene rings is 2. The van der Waals surface area contributed by atoms with Crippen LogP contribution in [0.3, 0.4) is 0 Å². The van der Waals surface area contributed by atoms with E-state index >= 15 is 0 Å². The lowest BCUT2D eigenvalue weighted by Gasteiger charge is -2.04. The molecule has 0 bridgehead atoms. The quantitative estimate of drug-likeness (QED) is 0.469. The maximum Gasteiger partial charge on any atom is 0.212 e. The highest BCUT2D eigenvalue weighted by atomic mass is 127. The summed E-state index contributed by atoms with van der Waals surface area (Å²) in [5.41, 5.74) is 4.05. The molecule has 0 unspecified atom stereocenters. The molecule has 0 spiro atoms. The van der Waals surface area contributed by atoms with Gasteiger partial charge in [0.25, 0.3) is 0 Å². The summed E-state index contributed by atoms with van der Waals surface area (Å²) in [5.74, 6) is 0. The van der Waals surface area contributed by atoms with Crippen LogP contribution in [0.1, 0.15) is 11.1 Å². The predicted molar refractivity (Wildman–Crippen MR) is 79.0 cm³/mol. The lowest BCUT2D eigenvalue weighted by atomic mass is 10.1. The Morgan fingerprint density at radius 3 is 2.35 bits per heavy atom. The van der Waals surface area contributed by atoms with Crippen LogP contribution in [0.4, 0.5) is 0 Å². The van der Waals surface area contributed by atoms with E-state index in [4.69, 9.17) is 0 Å². The van der Waals surface area contributed by atoms with Gasteiger partial charge in [0.1, 0.15) is 0 Å². The third-order valence-corrected chi connectivity index (χ3v) is 3.63. The normalized spacial score (nSPS) is 10.2. The predicted octanol–water partition coefficient (Wildman–Crippen LogP) is 0.682. The van der Waals surface area contributed by atoms with Gasteiger partial charge in [0.2, 0.25) is 5.52 Å². The number of hydrogen-bond acceptors (Lipinski definition) is 0. The number of hydrogen-bond donors (Lipinski definition) is 0. The minimum atomic E-state index is 0. The standard InChI is InChI=1S/C18H18N.HI/c1-15-11-13-19(18-10-6-5-9-17(15)18)14-12-16-7-3-2-4-8-16;/h2-11,13H,12,14H2,1H3;1H/q+1;/p-1. The second-order valence-corrected chi connectivity index (χ2v) is 4.94. The molecule has 1 heterocycles. The van der Waals surface area contributed by atoms with Gasteiger partial charge in [0, 0.05) is 23.9 Å². The molecular weight excluding hydrogens is 357 g/mol. The molecule has 0 saturated carbocycles. The molecule has 0 aliphatic heterocycles. The molecule has 0 fully saturated rings. The average molecular weight is 375 g/mol. The van der Waals surface area contributed by atoms with Gasteiger partial charge in [-0.15, -0.1) is 0 Å². The topological polar surface area (TPSA) is 3.88 Å². The summed E-state index contributed by atoms with van der Waals surface area (Å²) < 4.78 is 2.34. The van der Waals surface area contributed by atoms with Crippen LogP contribution in [0, 0.1) is 6.92 Å². The van der Waals surface area contributed by atoms with E-state index in [0.29, 0.717) is 0 Å². The van der Waals surface area contributed by atoms with Crippen molar-refractivity contribution in [2.24, 2.45) is 0 Å². The molecule has 2 aromatic carbocycles. The Labute approximate surface area is 137 Å². The Morgan fingerprint density at radius 1 is 0.850 bits per heavy atom. The van der Waals surface area contributed by atoms with Gasteiger partial charge in [0.15, 0.2) is 12.7 Å². The van der Waals surface area contributed by atoms with E-state index in [1.807, 2.05) is 0 Å². The van der Waals surface area contributed by atoms with Gasteiger partial charge >= 0.3 is 0 Å². The monoisotopic (exact) mass is 375 g/mol. The first-order chi connectivity index (χ1) is 9.34. The van der Waals surface area contributed by atoms with Crippen molar-refractivity contribution in [3.8, 4) is 0 Å². The zero-order valence-electron chi connectivity index (χ0n) is 11.6. The molecule has 0 saturated heterocycles. The van der Waals surface area contributed by atoms with Gasteiger partial charge < -0.3 is 24.0 Å². The van der Waals surface area contributed by atoms with E-state index < -0.39 is 0 Å². The van der Waals surface area contributed by atoms with E-state index in [-0.39, 0.29) is 24.0 Å². The lowest BCUT2D eigenvalue weighted by molar-refractivity contribution is -0.670. The molecule has 3 rings (SSSR count). The second-order valence-electron chi connectivity index (χ2n) is 4.94. The molecule has 3 aromatic rings. The van der Waals surface area contributed by atoms with Crippen LogP contribution in [-0.4, -0.2) is 0 Å². The molecule has 102 valence electrons. The molecule has 0 radical (unpaired) electrons. The van der Waals surface area contributed by atoms with Gasteiger partial charge in [-0.05, 0) is 24.1 Å². The van der Waals surface area contributed by atoms with Crippen LogP contribution in [-0.2, 0) is 13.0 Å². The zero-order chi connectivity index (χ0) is 13.1. The fourth-order valence-corrected chi connectivity index (χ4v) is 2.52. The molecule has 20 heavy (non-hydrogen) atoms. The van der Waals surface area contributed by atoms with Crippen molar-refractivity contribution in [2.45, 2.75) is 19.9 Å². The van der Waals surface area contributed by atoms with Crippen molar-refractivity contribution in [3.63, 3.8) is 0 Å². The van der Waals surface area contributed by atoms with E-state index in [0.717, 1.165) is 13.0 Å². The Bertz CT molecular complexity index is 692. The van der Waals surface area contributed by atoms with Crippen LogP contribution >= 0.6 is 0 Å². The number of para-hydroxylation sites is 1. The van der Waals surface area contributed by atoms with Crippen LogP contribution in [0.2, 0.25) is 0 Å². The van der Waals surface area contributed by atoms with Crippen molar-refractivity contribution in [1.29, 1.82) is 0 Å². The first kappa shape index (κ1) is 15.0. The summed E-state index contributed by atoms with van der Waals surface area (Å²) in [7, 11) is 0. The highest BCUT2D eigenvalue weighted by Gasteiger charge is 2.09. The smallest absolute Gasteiger partial charge is 0.212 e. The molecule has 0 aliphatic rings. The van der Waals surface area contributed by atoms with Crippen LogP contribution in [0.25, 0.3) is 10.9 Å². The summed E-state index contributed by atoms with van der Waals surface area (Å²) in [4.78, 5) is 0. The number of aromatic nitrogens is 1. The average Bonchev–Trinajstić information content (AvgIpc) is 2.48. The second kappa shape index (κ2) is 6.84. The molecule has 2 heteroatoms. The third-order valence-electron chi connectivity index (χ3n) is 3.63. The lowest BCUT2D eigenvalue weighted by Crippen LogP contribution is -3.00. The van der Waals surface area contributed by atoms with Gasteiger partial charge in [-0.2, -0.15) is 4.57 Å². The molecule has 1 aromatic heterocycles. The van der Waals surface area contributed by atoms with Crippen LogP contribution in [0.5, 0.6) is 0 Å². The van der Waals surface area contributed by atoms with E-state index in [9.17, 15) is 0 Å². The summed E-state index contributed by atoms with van der Waals surface area (Å²) >= 11 is 0. The van der Waals surface area contributed by atoms with Crippen LogP contribution in [0.15, 0.2) is 66.9 Å². The minimum Gasteiger partial charge on any atom is -1.00 e. The number of rotatable bonds is 3. The Balaban J connectivity index is 0.00000147. The van der Waals surface area contributed by atoms with Crippen molar-refractivity contribution in [3.05, 3.63) is 78.0 Å². The molecule has 0 amide bonds. The van der Waals surface area contributed by atoms with Crippen LogP contribution < -0.4 is 28.5 Å². The van der Waals surface area contributed by atoms with Gasteiger partial charge in [-0.25, -0.2) is 0 Å². The van der Waals surface area contributed by atoms with Crippen molar-refractivity contribution in [2.75, 3.05) is 0 Å². The summed E-state index contributed by atoms with van der Waals surface area (Å²) in [6, 6.07) is 21.5. The zero-order valence-corrected chi connectivity index (χ0v) is 13.7. The van der Waals surface area contributed by atoms with Gasteiger partial charge in [-0.1, -0.05) is 42.5 Å². The fraction of sp³-hybridized carbons (Fsp3) is 0.167. The fourth-order valence-electron chi connectivity index (χ4n) is 2.52. The SMILES string of the molecule is Cc1cc[n+](CCc2ccccc2)c2ccccc12.[I-]. The summed E-state index contributed by atoms with van der Waals surface area (Å²) in [6.45, 7) is 3.19. The summed E-state index contributed by atoms with van der Waals surface area (Å²) in [6.07, 6.45) is 3.26. The first-order valence-electron chi connectivity index (χ1n) is 6.76. The van der Waals surface area contributed by atoms with Gasteiger partial charge in [-0.3, -0.25) is 0 Å².